The van der Waals surface area contributed by atoms with Gasteiger partial charge in [-0.15, -0.1) is 0 Å². The van der Waals surface area contributed by atoms with Crippen molar-refractivity contribution in [1.82, 2.24) is 19.9 Å². The monoisotopic (exact) mass is 423 g/mol. The number of hydrogen-bond acceptors (Lipinski definition) is 6. The fourth-order valence-corrected chi connectivity index (χ4v) is 4.55. The van der Waals surface area contributed by atoms with Gasteiger partial charge in [0, 0.05) is 18.3 Å². The maximum Gasteiger partial charge on any atom is 0.282 e. The lowest BCUT2D eigenvalue weighted by Gasteiger charge is -2.19. The number of carbonyl (C=O) groups excluding carboxylic acids is 1. The number of nitrogens with zero attached hydrogens (tertiary/aromatic N) is 5. The lowest BCUT2D eigenvalue weighted by atomic mass is 10.0. The molecular weight excluding hydrogens is 398 g/mol. The van der Waals surface area contributed by atoms with Crippen molar-refractivity contribution in [2.75, 3.05) is 11.4 Å². The number of para-hydroxylation sites is 1. The van der Waals surface area contributed by atoms with Crippen molar-refractivity contribution in [2.45, 2.75) is 47.1 Å². The molecule has 3 aromatic heterocycles. The Hall–Kier alpha value is -3.00. The van der Waals surface area contributed by atoms with Gasteiger partial charge < -0.3 is 4.52 Å². The van der Waals surface area contributed by atoms with E-state index in [9.17, 15) is 4.79 Å². The summed E-state index contributed by atoms with van der Waals surface area (Å²) < 4.78 is 8.11. The Morgan fingerprint density at radius 1 is 1.23 bits per heavy atom. The Kier molecular flexibility index (Phi) is 5.42. The minimum absolute atomic E-state index is 0.224. The number of thiazole rings is 1. The summed E-state index contributed by atoms with van der Waals surface area (Å²) in [7, 11) is 0. The fourth-order valence-electron chi connectivity index (χ4n) is 3.53. The third-order valence-corrected chi connectivity index (χ3v) is 6.07. The molecule has 0 unspecified atom stereocenters. The van der Waals surface area contributed by atoms with E-state index in [-0.39, 0.29) is 11.6 Å². The molecule has 0 atom stereocenters. The van der Waals surface area contributed by atoms with E-state index < -0.39 is 0 Å². The van der Waals surface area contributed by atoms with Crippen molar-refractivity contribution >= 4 is 32.6 Å². The van der Waals surface area contributed by atoms with Crippen molar-refractivity contribution in [1.29, 1.82) is 0 Å². The van der Waals surface area contributed by atoms with Crippen molar-refractivity contribution in [3.8, 4) is 0 Å². The van der Waals surface area contributed by atoms with Crippen molar-refractivity contribution < 1.29 is 9.32 Å². The predicted molar refractivity (Wildman–Crippen MR) is 118 cm³/mol. The average molecular weight is 424 g/mol. The first kappa shape index (κ1) is 20.3. The third kappa shape index (κ3) is 3.87. The lowest BCUT2D eigenvalue weighted by molar-refractivity contribution is 0.0977. The summed E-state index contributed by atoms with van der Waals surface area (Å²) in [4.78, 5) is 19.9. The fraction of sp³-hybridized carbons (Fsp3) is 0.364. The van der Waals surface area contributed by atoms with Gasteiger partial charge in [0.15, 0.2) is 10.8 Å². The Morgan fingerprint density at radius 2 is 2.03 bits per heavy atom. The molecule has 1 amide bonds. The van der Waals surface area contributed by atoms with Gasteiger partial charge in [-0.1, -0.05) is 42.5 Å². The van der Waals surface area contributed by atoms with Crippen LogP contribution in [0.2, 0.25) is 0 Å². The highest BCUT2D eigenvalue weighted by atomic mass is 32.1. The quantitative estimate of drug-likeness (QED) is 0.442. The molecule has 0 aliphatic carbocycles. The first-order chi connectivity index (χ1) is 14.3. The number of benzene rings is 1. The van der Waals surface area contributed by atoms with Crippen LogP contribution in [0, 0.1) is 20.8 Å². The van der Waals surface area contributed by atoms with E-state index in [1.165, 1.54) is 16.9 Å². The number of rotatable bonds is 6. The Balaban J connectivity index is 1.72. The molecule has 0 N–H and O–H groups in total. The molecule has 0 radical (unpaired) electrons. The molecule has 3 heterocycles. The summed E-state index contributed by atoms with van der Waals surface area (Å²) in [6.07, 6.45) is 0. The minimum atomic E-state index is -0.224. The molecule has 8 heteroatoms. The molecule has 0 saturated carbocycles. The SMILES string of the molecule is Cc1cc(C)n(CCN(C(=O)c2cc(C)on2)c2nc3c(C(C)C)cccc3s2)n1. The van der Waals surface area contributed by atoms with Gasteiger partial charge in [-0.3, -0.25) is 14.4 Å². The number of amides is 1. The summed E-state index contributed by atoms with van der Waals surface area (Å²) in [6.45, 7) is 11.1. The summed E-state index contributed by atoms with van der Waals surface area (Å²) in [5.74, 6) is 0.725. The van der Waals surface area contributed by atoms with Crippen LogP contribution in [-0.4, -0.2) is 32.4 Å². The van der Waals surface area contributed by atoms with Gasteiger partial charge in [0.25, 0.3) is 5.91 Å². The second-order valence-corrected chi connectivity index (χ2v) is 8.78. The van der Waals surface area contributed by atoms with Crippen LogP contribution in [0.4, 0.5) is 5.13 Å². The molecule has 4 rings (SSSR count). The van der Waals surface area contributed by atoms with Gasteiger partial charge in [0.2, 0.25) is 0 Å². The van der Waals surface area contributed by atoms with Crippen molar-refractivity contribution in [3.63, 3.8) is 0 Å². The number of anilines is 1. The first-order valence-corrected chi connectivity index (χ1v) is 10.8. The van der Waals surface area contributed by atoms with Crippen molar-refractivity contribution in [3.05, 3.63) is 58.7 Å². The van der Waals surface area contributed by atoms with Gasteiger partial charge in [-0.2, -0.15) is 5.10 Å². The molecular formula is C22H25N5O2S. The summed E-state index contributed by atoms with van der Waals surface area (Å²) in [6, 6.07) is 9.87. The van der Waals surface area contributed by atoms with Crippen LogP contribution in [-0.2, 0) is 6.54 Å². The Labute approximate surface area is 179 Å². The summed E-state index contributed by atoms with van der Waals surface area (Å²) >= 11 is 1.52. The first-order valence-electron chi connectivity index (χ1n) is 9.99. The van der Waals surface area contributed by atoms with E-state index in [1.54, 1.807) is 17.9 Å². The van der Waals surface area contributed by atoms with Crippen molar-refractivity contribution in [2.24, 2.45) is 0 Å². The molecule has 156 valence electrons. The molecule has 7 nitrogen and oxygen atoms in total. The average Bonchev–Trinajstić information content (AvgIpc) is 3.39. The van der Waals surface area contributed by atoms with Crippen LogP contribution in [0.3, 0.4) is 0 Å². The Morgan fingerprint density at radius 3 is 2.67 bits per heavy atom. The summed E-state index contributed by atoms with van der Waals surface area (Å²) in [5.41, 5.74) is 4.43. The number of hydrogen-bond donors (Lipinski definition) is 0. The standard InChI is InChI=1S/C22H25N5O2S/c1-13(2)17-7-6-8-19-20(17)23-22(30-19)26(21(28)18-12-16(5)29-25-18)9-10-27-15(4)11-14(3)24-27/h6-8,11-13H,9-10H2,1-5H3. The number of fused-ring (bicyclic) bond motifs is 1. The van der Waals surface area contributed by atoms with E-state index in [4.69, 9.17) is 9.51 Å². The van der Waals surface area contributed by atoms with Crippen LogP contribution in [0.5, 0.6) is 0 Å². The molecule has 0 spiro atoms. The second kappa shape index (κ2) is 8.02. The summed E-state index contributed by atoms with van der Waals surface area (Å²) in [5, 5.41) is 9.10. The highest BCUT2D eigenvalue weighted by molar-refractivity contribution is 7.22. The molecule has 4 aromatic rings. The molecule has 0 aliphatic rings. The maximum atomic E-state index is 13.3. The molecule has 0 bridgehead atoms. The van der Waals surface area contributed by atoms with E-state index >= 15 is 0 Å². The predicted octanol–water partition coefficient (Wildman–Crippen LogP) is 4.88. The van der Waals surface area contributed by atoms with E-state index in [2.05, 4.69) is 30.2 Å². The van der Waals surface area contributed by atoms with Gasteiger partial charge in [0.1, 0.15) is 5.76 Å². The third-order valence-electron chi connectivity index (χ3n) is 5.02. The zero-order valence-corrected chi connectivity index (χ0v) is 18.7. The number of carbonyl (C=O) groups is 1. The Bertz CT molecular complexity index is 1200. The molecule has 30 heavy (non-hydrogen) atoms. The minimum Gasteiger partial charge on any atom is -0.361 e. The molecule has 0 fully saturated rings. The normalized spacial score (nSPS) is 11.5. The van der Waals surface area contributed by atoms with Crippen LogP contribution in [0.25, 0.3) is 10.2 Å². The van der Waals surface area contributed by atoms with Crippen LogP contribution >= 0.6 is 11.3 Å². The highest BCUT2D eigenvalue weighted by Crippen LogP contribution is 2.34. The second-order valence-electron chi connectivity index (χ2n) is 7.77. The zero-order valence-electron chi connectivity index (χ0n) is 17.8. The van der Waals surface area contributed by atoms with Gasteiger partial charge in [-0.25, -0.2) is 4.98 Å². The molecule has 0 saturated heterocycles. The maximum absolute atomic E-state index is 13.3. The van der Waals surface area contributed by atoms with Gasteiger partial charge in [0.05, 0.1) is 22.5 Å². The van der Waals surface area contributed by atoms with Gasteiger partial charge >= 0.3 is 0 Å². The lowest BCUT2D eigenvalue weighted by Crippen LogP contribution is -2.34. The van der Waals surface area contributed by atoms with E-state index in [0.29, 0.717) is 29.9 Å². The van der Waals surface area contributed by atoms with E-state index in [0.717, 1.165) is 21.6 Å². The van der Waals surface area contributed by atoms with Crippen LogP contribution < -0.4 is 4.90 Å². The largest absolute Gasteiger partial charge is 0.361 e. The van der Waals surface area contributed by atoms with Crippen LogP contribution in [0.15, 0.2) is 34.9 Å². The topological polar surface area (TPSA) is 77.0 Å². The zero-order chi connectivity index (χ0) is 21.4. The smallest absolute Gasteiger partial charge is 0.282 e. The van der Waals surface area contributed by atoms with Crippen LogP contribution in [0.1, 0.15) is 53.0 Å². The molecule has 0 aliphatic heterocycles. The van der Waals surface area contributed by atoms with E-state index in [1.807, 2.05) is 36.7 Å². The highest BCUT2D eigenvalue weighted by Gasteiger charge is 2.25. The number of aryl methyl sites for hydroxylation is 3. The molecule has 1 aromatic carbocycles. The van der Waals surface area contributed by atoms with Gasteiger partial charge in [-0.05, 0) is 44.4 Å². The number of aromatic nitrogens is 4.